The second-order valence-electron chi connectivity index (χ2n) is 6.08. The van der Waals surface area contributed by atoms with Gasteiger partial charge in [0.1, 0.15) is 5.75 Å². The van der Waals surface area contributed by atoms with E-state index in [-0.39, 0.29) is 5.91 Å². The van der Waals surface area contributed by atoms with E-state index in [0.29, 0.717) is 37.7 Å². The Labute approximate surface area is 158 Å². The van der Waals surface area contributed by atoms with Gasteiger partial charge in [0.2, 0.25) is 17.6 Å². The zero-order valence-electron chi connectivity index (χ0n) is 15.5. The minimum atomic E-state index is 0.0136. The highest BCUT2D eigenvalue weighted by molar-refractivity contribution is 5.76. The molecule has 7 heteroatoms. The monoisotopic (exact) mass is 366 g/mol. The lowest BCUT2D eigenvalue weighted by molar-refractivity contribution is -0.130. The number of benzene rings is 1. The molecule has 3 rings (SSSR count). The molecule has 0 bridgehead atoms. The third kappa shape index (κ3) is 5.13. The zero-order chi connectivity index (χ0) is 19.1. The van der Waals surface area contributed by atoms with E-state index < -0.39 is 0 Å². The van der Waals surface area contributed by atoms with Crippen molar-refractivity contribution in [3.63, 3.8) is 0 Å². The largest absolute Gasteiger partial charge is 0.494 e. The lowest BCUT2D eigenvalue weighted by atomic mass is 10.2. The van der Waals surface area contributed by atoms with Crippen LogP contribution in [0.1, 0.15) is 24.8 Å². The number of ether oxygens (including phenoxy) is 1. The van der Waals surface area contributed by atoms with Crippen LogP contribution in [-0.4, -0.2) is 39.6 Å². The predicted molar refractivity (Wildman–Crippen MR) is 99.9 cm³/mol. The summed E-state index contributed by atoms with van der Waals surface area (Å²) in [6, 6.07) is 11.3. The van der Waals surface area contributed by atoms with Crippen molar-refractivity contribution < 1.29 is 14.1 Å². The molecular weight excluding hydrogens is 344 g/mol. The Balaban J connectivity index is 1.53. The molecular formula is C20H22N4O3. The SMILES string of the molecule is CCOc1ccc(-c2noc(CCC(=O)N(C)Cc3cccnc3)n2)cc1. The van der Waals surface area contributed by atoms with Crippen molar-refractivity contribution in [1.82, 2.24) is 20.0 Å². The van der Waals surface area contributed by atoms with Gasteiger partial charge in [-0.3, -0.25) is 9.78 Å². The van der Waals surface area contributed by atoms with Crippen LogP contribution in [-0.2, 0) is 17.8 Å². The van der Waals surface area contributed by atoms with Crippen molar-refractivity contribution in [3.8, 4) is 17.1 Å². The average Bonchev–Trinajstić information content (AvgIpc) is 3.17. The number of rotatable bonds is 8. The first-order chi connectivity index (χ1) is 13.2. The first kappa shape index (κ1) is 18.6. The number of pyridine rings is 1. The van der Waals surface area contributed by atoms with E-state index in [1.54, 1.807) is 24.3 Å². The molecule has 0 spiro atoms. The second kappa shape index (κ2) is 8.93. The maximum Gasteiger partial charge on any atom is 0.227 e. The second-order valence-corrected chi connectivity index (χ2v) is 6.08. The lowest BCUT2D eigenvalue weighted by Gasteiger charge is -2.16. The molecule has 0 N–H and O–H groups in total. The fourth-order valence-corrected chi connectivity index (χ4v) is 2.60. The number of aromatic nitrogens is 3. The van der Waals surface area contributed by atoms with Gasteiger partial charge in [0.15, 0.2) is 0 Å². The topological polar surface area (TPSA) is 81.4 Å². The highest BCUT2D eigenvalue weighted by atomic mass is 16.5. The highest BCUT2D eigenvalue weighted by Gasteiger charge is 2.14. The molecule has 0 aliphatic heterocycles. The molecule has 0 unspecified atom stereocenters. The van der Waals surface area contributed by atoms with Crippen LogP contribution < -0.4 is 4.74 Å². The Morgan fingerprint density at radius 2 is 2.04 bits per heavy atom. The summed E-state index contributed by atoms with van der Waals surface area (Å²) < 4.78 is 10.7. The van der Waals surface area contributed by atoms with E-state index in [1.807, 2.05) is 43.3 Å². The maximum absolute atomic E-state index is 12.3. The normalized spacial score (nSPS) is 10.6. The van der Waals surface area contributed by atoms with Gasteiger partial charge in [-0.2, -0.15) is 4.98 Å². The van der Waals surface area contributed by atoms with Gasteiger partial charge in [-0.25, -0.2) is 0 Å². The summed E-state index contributed by atoms with van der Waals surface area (Å²) in [7, 11) is 1.77. The Kier molecular flexibility index (Phi) is 6.14. The molecule has 0 radical (unpaired) electrons. The lowest BCUT2D eigenvalue weighted by Crippen LogP contribution is -2.26. The van der Waals surface area contributed by atoms with Crippen molar-refractivity contribution in [2.24, 2.45) is 0 Å². The third-order valence-electron chi connectivity index (χ3n) is 4.01. The van der Waals surface area contributed by atoms with E-state index in [1.165, 1.54) is 0 Å². The minimum absolute atomic E-state index is 0.0136. The maximum atomic E-state index is 12.3. The van der Waals surface area contributed by atoms with Crippen LogP contribution >= 0.6 is 0 Å². The minimum Gasteiger partial charge on any atom is -0.494 e. The molecule has 0 atom stereocenters. The van der Waals surface area contributed by atoms with Crippen LogP contribution in [0.4, 0.5) is 0 Å². The summed E-state index contributed by atoms with van der Waals surface area (Å²) in [6.45, 7) is 3.08. The number of hydrogen-bond acceptors (Lipinski definition) is 6. The van der Waals surface area contributed by atoms with Gasteiger partial charge in [-0.15, -0.1) is 0 Å². The molecule has 0 saturated heterocycles. The Hall–Kier alpha value is -3.22. The van der Waals surface area contributed by atoms with Crippen LogP contribution in [0.2, 0.25) is 0 Å². The predicted octanol–water partition coefficient (Wildman–Crippen LogP) is 3.12. The van der Waals surface area contributed by atoms with Crippen LogP contribution in [0, 0.1) is 0 Å². The molecule has 0 saturated carbocycles. The first-order valence-electron chi connectivity index (χ1n) is 8.84. The molecule has 3 aromatic rings. The quantitative estimate of drug-likeness (QED) is 0.609. The summed E-state index contributed by atoms with van der Waals surface area (Å²) in [6.07, 6.45) is 4.18. The van der Waals surface area contributed by atoms with Crippen LogP contribution in [0.5, 0.6) is 5.75 Å². The molecule has 1 amide bonds. The molecule has 7 nitrogen and oxygen atoms in total. The van der Waals surface area contributed by atoms with Gasteiger partial charge >= 0.3 is 0 Å². The molecule has 140 valence electrons. The van der Waals surface area contributed by atoms with Crippen molar-refractivity contribution in [2.45, 2.75) is 26.3 Å². The summed E-state index contributed by atoms with van der Waals surface area (Å²) in [5, 5.41) is 3.99. The molecule has 27 heavy (non-hydrogen) atoms. The van der Waals surface area contributed by atoms with E-state index >= 15 is 0 Å². The van der Waals surface area contributed by atoms with Crippen molar-refractivity contribution in [1.29, 1.82) is 0 Å². The van der Waals surface area contributed by atoms with Gasteiger partial charge in [0, 0.05) is 44.4 Å². The molecule has 0 aliphatic rings. The van der Waals surface area contributed by atoms with Gasteiger partial charge in [-0.05, 0) is 42.8 Å². The number of amides is 1. The molecule has 2 heterocycles. The fraction of sp³-hybridized carbons (Fsp3) is 0.300. The number of aryl methyl sites for hydroxylation is 1. The van der Waals surface area contributed by atoms with Crippen LogP contribution in [0.25, 0.3) is 11.4 Å². The standard InChI is InChI=1S/C20H22N4O3/c1-3-26-17-8-6-16(7-9-17)20-22-18(27-23-20)10-11-19(25)24(2)14-15-5-4-12-21-13-15/h4-9,12-13H,3,10-11,14H2,1-2H3. The molecule has 1 aromatic carbocycles. The summed E-state index contributed by atoms with van der Waals surface area (Å²) >= 11 is 0. The zero-order valence-corrected chi connectivity index (χ0v) is 15.5. The van der Waals surface area contributed by atoms with E-state index in [9.17, 15) is 4.79 Å². The van der Waals surface area contributed by atoms with Gasteiger partial charge in [0.25, 0.3) is 0 Å². The summed E-state index contributed by atoms with van der Waals surface area (Å²) in [5.41, 5.74) is 1.83. The van der Waals surface area contributed by atoms with Gasteiger partial charge < -0.3 is 14.2 Å². The number of nitrogens with zero attached hydrogens (tertiary/aromatic N) is 4. The first-order valence-corrected chi connectivity index (χ1v) is 8.84. The van der Waals surface area contributed by atoms with E-state index in [0.717, 1.165) is 16.9 Å². The number of carbonyl (C=O) groups excluding carboxylic acids is 1. The Morgan fingerprint density at radius 1 is 1.22 bits per heavy atom. The smallest absolute Gasteiger partial charge is 0.227 e. The van der Waals surface area contributed by atoms with E-state index in [4.69, 9.17) is 9.26 Å². The molecule has 0 aliphatic carbocycles. The number of carbonyl (C=O) groups is 1. The fourth-order valence-electron chi connectivity index (χ4n) is 2.60. The van der Waals surface area contributed by atoms with E-state index in [2.05, 4.69) is 15.1 Å². The van der Waals surface area contributed by atoms with Crippen molar-refractivity contribution in [2.75, 3.05) is 13.7 Å². The summed E-state index contributed by atoms with van der Waals surface area (Å²) in [4.78, 5) is 22.4. The third-order valence-corrected chi connectivity index (χ3v) is 4.01. The molecule has 0 fully saturated rings. The summed E-state index contributed by atoms with van der Waals surface area (Å²) in [5.74, 6) is 1.76. The Morgan fingerprint density at radius 3 is 2.74 bits per heavy atom. The van der Waals surface area contributed by atoms with Gasteiger partial charge in [-0.1, -0.05) is 11.2 Å². The Bertz CT molecular complexity index is 862. The van der Waals surface area contributed by atoms with Crippen LogP contribution in [0.15, 0.2) is 53.3 Å². The average molecular weight is 366 g/mol. The molecule has 2 aromatic heterocycles. The van der Waals surface area contributed by atoms with Gasteiger partial charge in [0.05, 0.1) is 6.61 Å². The van der Waals surface area contributed by atoms with Crippen LogP contribution in [0.3, 0.4) is 0 Å². The highest BCUT2D eigenvalue weighted by Crippen LogP contribution is 2.20. The van der Waals surface area contributed by atoms with Crippen molar-refractivity contribution >= 4 is 5.91 Å². The van der Waals surface area contributed by atoms with Crippen molar-refractivity contribution in [3.05, 3.63) is 60.2 Å². The number of hydrogen-bond donors (Lipinski definition) is 0.